The number of aryl methyl sites for hydroxylation is 1. The lowest BCUT2D eigenvalue weighted by Crippen LogP contribution is -2.34. The van der Waals surface area contributed by atoms with Crippen LogP contribution in [-0.4, -0.2) is 25.8 Å². The van der Waals surface area contributed by atoms with Gasteiger partial charge in [0.05, 0.1) is 4.90 Å². The monoisotopic (exact) mass is 296 g/mol. The molecule has 2 N–H and O–H groups in total. The Hall–Kier alpha value is -1.07. The van der Waals surface area contributed by atoms with Gasteiger partial charge < -0.3 is 5.73 Å². The van der Waals surface area contributed by atoms with Crippen LogP contribution in [-0.2, 0) is 10.0 Å². The molecule has 4 nitrogen and oxygen atoms in total. The lowest BCUT2D eigenvalue weighted by molar-refractivity contribution is 0.411. The molecule has 2 rings (SSSR count). The van der Waals surface area contributed by atoms with Crippen LogP contribution in [0.5, 0.6) is 0 Å². The first-order valence-electron chi connectivity index (χ1n) is 7.15. The Morgan fingerprint density at radius 2 is 1.85 bits per heavy atom. The van der Waals surface area contributed by atoms with Crippen molar-refractivity contribution in [3.8, 4) is 0 Å². The minimum Gasteiger partial charge on any atom is -0.398 e. The topological polar surface area (TPSA) is 63.4 Å². The van der Waals surface area contributed by atoms with E-state index < -0.39 is 10.0 Å². The number of rotatable bonds is 5. The molecule has 1 aliphatic rings. The number of nitrogens with two attached hydrogens (primary N) is 1. The summed E-state index contributed by atoms with van der Waals surface area (Å²) in [6.45, 7) is 8.58. The molecule has 20 heavy (non-hydrogen) atoms. The van der Waals surface area contributed by atoms with Gasteiger partial charge in [0.15, 0.2) is 0 Å². The number of nitrogens with zero attached hydrogens (tertiary/aromatic N) is 1. The second-order valence-electron chi connectivity index (χ2n) is 5.76. The van der Waals surface area contributed by atoms with Gasteiger partial charge in [-0.3, -0.25) is 0 Å². The summed E-state index contributed by atoms with van der Waals surface area (Å²) < 4.78 is 27.5. The molecule has 0 radical (unpaired) electrons. The molecule has 0 atom stereocenters. The molecule has 0 aliphatic heterocycles. The molecule has 1 aromatic carbocycles. The number of hydrogen-bond donors (Lipinski definition) is 1. The highest BCUT2D eigenvalue weighted by Crippen LogP contribution is 2.34. The fourth-order valence-electron chi connectivity index (χ4n) is 2.54. The van der Waals surface area contributed by atoms with Gasteiger partial charge in [0.1, 0.15) is 0 Å². The minimum absolute atomic E-state index is 0.400. The van der Waals surface area contributed by atoms with Crippen LogP contribution in [0, 0.1) is 26.7 Å². The van der Waals surface area contributed by atoms with Gasteiger partial charge in [-0.2, -0.15) is 4.31 Å². The maximum atomic E-state index is 12.9. The van der Waals surface area contributed by atoms with E-state index in [-0.39, 0.29) is 0 Å². The summed E-state index contributed by atoms with van der Waals surface area (Å²) in [5.74, 6) is 0.535. The van der Waals surface area contributed by atoms with Crippen LogP contribution in [0.1, 0.15) is 36.5 Å². The second kappa shape index (κ2) is 5.37. The summed E-state index contributed by atoms with van der Waals surface area (Å²) in [4.78, 5) is 0.400. The Morgan fingerprint density at radius 1 is 1.25 bits per heavy atom. The first kappa shape index (κ1) is 15.3. The van der Waals surface area contributed by atoms with Crippen LogP contribution in [0.2, 0.25) is 0 Å². The van der Waals surface area contributed by atoms with E-state index in [2.05, 4.69) is 0 Å². The van der Waals surface area contributed by atoms with E-state index in [1.54, 1.807) is 11.2 Å². The molecular formula is C15H24N2O2S. The number of anilines is 1. The summed E-state index contributed by atoms with van der Waals surface area (Å²) in [6.07, 6.45) is 2.28. The van der Waals surface area contributed by atoms with E-state index >= 15 is 0 Å². The molecule has 0 bridgehead atoms. The average Bonchev–Trinajstić information content (AvgIpc) is 3.17. The fourth-order valence-corrected chi connectivity index (χ4v) is 4.60. The van der Waals surface area contributed by atoms with E-state index in [0.717, 1.165) is 24.0 Å². The highest BCUT2D eigenvalue weighted by atomic mass is 32.2. The Kier molecular flexibility index (Phi) is 4.12. The van der Waals surface area contributed by atoms with Crippen molar-refractivity contribution in [3.05, 3.63) is 22.8 Å². The molecule has 0 spiro atoms. The molecule has 112 valence electrons. The highest BCUT2D eigenvalue weighted by molar-refractivity contribution is 7.89. The summed E-state index contributed by atoms with van der Waals surface area (Å²) >= 11 is 0. The average molecular weight is 296 g/mol. The molecule has 1 fully saturated rings. The summed E-state index contributed by atoms with van der Waals surface area (Å²) in [5, 5.41) is 0. The molecule has 0 amide bonds. The van der Waals surface area contributed by atoms with Crippen LogP contribution in [0.3, 0.4) is 0 Å². The third kappa shape index (κ3) is 2.69. The Balaban J connectivity index is 2.52. The number of nitrogen functional groups attached to an aromatic ring is 1. The third-order valence-corrected chi connectivity index (χ3v) is 6.40. The zero-order valence-corrected chi connectivity index (χ0v) is 13.5. The van der Waals surface area contributed by atoms with Gasteiger partial charge in [0.25, 0.3) is 0 Å². The van der Waals surface area contributed by atoms with E-state index in [1.807, 2.05) is 26.8 Å². The summed E-state index contributed by atoms with van der Waals surface area (Å²) in [5.41, 5.74) is 8.91. The molecular weight excluding hydrogens is 272 g/mol. The highest BCUT2D eigenvalue weighted by Gasteiger charge is 2.33. The summed E-state index contributed by atoms with van der Waals surface area (Å²) in [6, 6.07) is 1.85. The van der Waals surface area contributed by atoms with Gasteiger partial charge in [-0.05, 0) is 62.3 Å². The van der Waals surface area contributed by atoms with Gasteiger partial charge in [-0.25, -0.2) is 8.42 Å². The smallest absolute Gasteiger partial charge is 0.243 e. The molecule has 0 saturated heterocycles. The van der Waals surface area contributed by atoms with Gasteiger partial charge in [-0.1, -0.05) is 6.92 Å². The Morgan fingerprint density at radius 3 is 2.35 bits per heavy atom. The molecule has 1 saturated carbocycles. The van der Waals surface area contributed by atoms with Gasteiger partial charge in [0, 0.05) is 18.8 Å². The van der Waals surface area contributed by atoms with Crippen molar-refractivity contribution < 1.29 is 8.42 Å². The normalized spacial score (nSPS) is 15.8. The lowest BCUT2D eigenvalue weighted by Gasteiger charge is -2.24. The standard InChI is InChI=1S/C15H24N2O2S/c1-5-17(9-13-6-7-13)20(18,19)15-11(3)10(2)8-14(16)12(15)4/h8,13H,5-7,9,16H2,1-4H3. The van der Waals surface area contributed by atoms with Crippen molar-refractivity contribution in [1.82, 2.24) is 4.31 Å². The van der Waals surface area contributed by atoms with E-state index in [0.29, 0.717) is 35.2 Å². The second-order valence-corrected chi connectivity index (χ2v) is 7.64. The van der Waals surface area contributed by atoms with Crippen molar-refractivity contribution >= 4 is 15.7 Å². The van der Waals surface area contributed by atoms with Crippen LogP contribution in [0.15, 0.2) is 11.0 Å². The molecule has 0 aromatic heterocycles. The Labute approximate surface area is 122 Å². The fraction of sp³-hybridized carbons (Fsp3) is 0.600. The van der Waals surface area contributed by atoms with E-state index in [1.165, 1.54) is 0 Å². The molecule has 0 unspecified atom stereocenters. The van der Waals surface area contributed by atoms with Gasteiger partial charge in [-0.15, -0.1) is 0 Å². The molecule has 0 heterocycles. The zero-order valence-electron chi connectivity index (χ0n) is 12.7. The Bertz CT molecular complexity index is 593. The predicted octanol–water partition coefficient (Wildman–Crippen LogP) is 2.61. The van der Waals surface area contributed by atoms with Crippen molar-refractivity contribution in [2.45, 2.75) is 45.4 Å². The zero-order chi connectivity index (χ0) is 15.1. The largest absolute Gasteiger partial charge is 0.398 e. The summed E-state index contributed by atoms with van der Waals surface area (Å²) in [7, 11) is -3.46. The molecule has 1 aliphatic carbocycles. The van der Waals surface area contributed by atoms with E-state index in [4.69, 9.17) is 5.73 Å². The SMILES string of the molecule is CCN(CC1CC1)S(=O)(=O)c1c(C)c(C)cc(N)c1C. The minimum atomic E-state index is -3.46. The quantitative estimate of drug-likeness (QED) is 0.850. The van der Waals surface area contributed by atoms with Gasteiger partial charge in [0.2, 0.25) is 10.0 Å². The lowest BCUT2D eigenvalue weighted by atomic mass is 10.1. The maximum Gasteiger partial charge on any atom is 0.243 e. The predicted molar refractivity (Wildman–Crippen MR) is 82.2 cm³/mol. The van der Waals surface area contributed by atoms with Crippen LogP contribution in [0.25, 0.3) is 0 Å². The van der Waals surface area contributed by atoms with Crippen LogP contribution in [0.4, 0.5) is 5.69 Å². The number of sulfonamides is 1. The van der Waals surface area contributed by atoms with Gasteiger partial charge >= 0.3 is 0 Å². The van der Waals surface area contributed by atoms with E-state index in [9.17, 15) is 8.42 Å². The first-order chi connectivity index (χ1) is 9.28. The third-order valence-electron chi connectivity index (χ3n) is 4.19. The number of benzene rings is 1. The van der Waals surface area contributed by atoms with Crippen molar-refractivity contribution in [2.24, 2.45) is 5.92 Å². The molecule has 1 aromatic rings. The first-order valence-corrected chi connectivity index (χ1v) is 8.59. The number of hydrogen-bond acceptors (Lipinski definition) is 3. The maximum absolute atomic E-state index is 12.9. The van der Waals surface area contributed by atoms with Crippen molar-refractivity contribution in [3.63, 3.8) is 0 Å². The van der Waals surface area contributed by atoms with Crippen LogP contribution >= 0.6 is 0 Å². The van der Waals surface area contributed by atoms with Crippen molar-refractivity contribution in [1.29, 1.82) is 0 Å². The molecule has 5 heteroatoms. The van der Waals surface area contributed by atoms with Crippen LogP contribution < -0.4 is 5.73 Å². The van der Waals surface area contributed by atoms with Crippen molar-refractivity contribution in [2.75, 3.05) is 18.8 Å².